The predicted molar refractivity (Wildman–Crippen MR) is 76.8 cm³/mol. The van der Waals surface area contributed by atoms with Crippen LogP contribution >= 0.6 is 0 Å². The zero-order valence-electron chi connectivity index (χ0n) is 10.5. The van der Waals surface area contributed by atoms with Gasteiger partial charge in [-0.15, -0.1) is 0 Å². The lowest BCUT2D eigenvalue weighted by molar-refractivity contribution is 0.102. The summed E-state index contributed by atoms with van der Waals surface area (Å²) in [6.07, 6.45) is 2.38. The number of rotatable bonds is 2. The molecule has 5 nitrogen and oxygen atoms in total. The highest BCUT2D eigenvalue weighted by atomic mass is 16.2. The van der Waals surface area contributed by atoms with Gasteiger partial charge in [0, 0.05) is 17.3 Å². The number of nitrogens with zero attached hydrogens (tertiary/aromatic N) is 1. The first kappa shape index (κ1) is 12.1. The smallest absolute Gasteiger partial charge is 0.275 e. The minimum absolute atomic E-state index is 0.164. The highest BCUT2D eigenvalue weighted by Crippen LogP contribution is 2.23. The lowest BCUT2D eigenvalue weighted by atomic mass is 10.1. The number of benzene rings is 2. The van der Waals surface area contributed by atoms with Crippen LogP contribution in [0.5, 0.6) is 0 Å². The SMILES string of the molecule is O=C(Nc1cccc2ccccc12)c1c[nH]c(=O)cn1. The van der Waals surface area contributed by atoms with Crippen LogP contribution in [0.3, 0.4) is 0 Å². The molecule has 5 heteroatoms. The molecule has 2 aromatic carbocycles. The van der Waals surface area contributed by atoms with E-state index >= 15 is 0 Å². The van der Waals surface area contributed by atoms with E-state index in [-0.39, 0.29) is 17.2 Å². The van der Waals surface area contributed by atoms with Gasteiger partial charge >= 0.3 is 0 Å². The highest BCUT2D eigenvalue weighted by molar-refractivity contribution is 6.08. The zero-order valence-corrected chi connectivity index (χ0v) is 10.5. The van der Waals surface area contributed by atoms with Crippen molar-refractivity contribution in [3.05, 3.63) is 70.9 Å². The lowest BCUT2D eigenvalue weighted by Crippen LogP contribution is -2.17. The Morgan fingerprint density at radius 3 is 2.70 bits per heavy atom. The second kappa shape index (κ2) is 4.97. The van der Waals surface area contributed by atoms with Crippen LogP contribution in [0.25, 0.3) is 10.8 Å². The summed E-state index contributed by atoms with van der Waals surface area (Å²) in [6.45, 7) is 0. The normalized spacial score (nSPS) is 10.4. The van der Waals surface area contributed by atoms with Crippen LogP contribution in [-0.4, -0.2) is 15.9 Å². The Hall–Kier alpha value is -2.95. The summed E-state index contributed by atoms with van der Waals surface area (Å²) >= 11 is 0. The molecule has 0 atom stereocenters. The standard InChI is InChI=1S/C15H11N3O2/c19-14-9-16-13(8-17-14)15(20)18-12-7-3-5-10-4-1-2-6-11(10)12/h1-9H,(H,17,19)(H,18,20). The van der Waals surface area contributed by atoms with Crippen molar-refractivity contribution in [3.8, 4) is 0 Å². The molecular formula is C15H11N3O2. The Morgan fingerprint density at radius 2 is 1.90 bits per heavy atom. The molecule has 0 unspecified atom stereocenters. The Labute approximate surface area is 114 Å². The molecular weight excluding hydrogens is 254 g/mol. The fourth-order valence-corrected chi connectivity index (χ4v) is 1.99. The predicted octanol–water partition coefficient (Wildman–Crippen LogP) is 2.18. The van der Waals surface area contributed by atoms with Gasteiger partial charge in [0.15, 0.2) is 0 Å². The first-order chi connectivity index (χ1) is 9.74. The summed E-state index contributed by atoms with van der Waals surface area (Å²) in [5.41, 5.74) is 0.533. The number of fused-ring (bicyclic) bond motifs is 1. The summed E-state index contributed by atoms with van der Waals surface area (Å²) in [7, 11) is 0. The second-order valence-corrected chi connectivity index (χ2v) is 4.28. The summed E-state index contributed by atoms with van der Waals surface area (Å²) in [4.78, 5) is 29.2. The van der Waals surface area contributed by atoms with Crippen LogP contribution in [0.1, 0.15) is 10.5 Å². The van der Waals surface area contributed by atoms with E-state index in [1.54, 1.807) is 0 Å². The van der Waals surface area contributed by atoms with Crippen LogP contribution in [0.15, 0.2) is 59.7 Å². The second-order valence-electron chi connectivity index (χ2n) is 4.28. The van der Waals surface area contributed by atoms with Gasteiger partial charge in [-0.1, -0.05) is 36.4 Å². The zero-order chi connectivity index (χ0) is 13.9. The lowest BCUT2D eigenvalue weighted by Gasteiger charge is -2.08. The van der Waals surface area contributed by atoms with Gasteiger partial charge in [-0.05, 0) is 11.5 Å². The number of aromatic amines is 1. The fourth-order valence-electron chi connectivity index (χ4n) is 1.99. The number of carbonyl (C=O) groups excluding carboxylic acids is 1. The largest absolute Gasteiger partial charge is 0.325 e. The molecule has 3 rings (SSSR count). The maximum Gasteiger partial charge on any atom is 0.275 e. The van der Waals surface area contributed by atoms with E-state index in [1.807, 2.05) is 42.5 Å². The molecule has 0 radical (unpaired) electrons. The number of anilines is 1. The molecule has 0 saturated carbocycles. The quantitative estimate of drug-likeness (QED) is 0.745. The van der Waals surface area contributed by atoms with Crippen molar-refractivity contribution in [1.29, 1.82) is 0 Å². The summed E-state index contributed by atoms with van der Waals surface area (Å²) in [5.74, 6) is -0.363. The number of hydrogen-bond donors (Lipinski definition) is 2. The third kappa shape index (κ3) is 2.29. The number of aromatic nitrogens is 2. The number of amides is 1. The number of H-pyrrole nitrogens is 1. The third-order valence-corrected chi connectivity index (χ3v) is 2.94. The van der Waals surface area contributed by atoms with Gasteiger partial charge in [-0.3, -0.25) is 9.59 Å². The van der Waals surface area contributed by atoms with Crippen LogP contribution in [0.2, 0.25) is 0 Å². The average molecular weight is 265 g/mol. The third-order valence-electron chi connectivity index (χ3n) is 2.94. The maximum absolute atomic E-state index is 12.1. The molecule has 0 aliphatic rings. The van der Waals surface area contributed by atoms with Crippen LogP contribution < -0.4 is 10.9 Å². The molecule has 98 valence electrons. The maximum atomic E-state index is 12.1. The molecule has 0 saturated heterocycles. The number of carbonyl (C=O) groups is 1. The van der Waals surface area contributed by atoms with E-state index in [0.717, 1.165) is 17.0 Å². The Bertz CT molecular complexity index is 814. The first-order valence-corrected chi connectivity index (χ1v) is 6.08. The molecule has 1 amide bonds. The molecule has 3 aromatic rings. The molecule has 0 spiro atoms. The van der Waals surface area contributed by atoms with Crippen molar-refractivity contribution in [1.82, 2.24) is 9.97 Å². The molecule has 0 fully saturated rings. The molecule has 0 aliphatic carbocycles. The van der Waals surface area contributed by atoms with Gasteiger partial charge in [0.2, 0.25) is 0 Å². The van der Waals surface area contributed by atoms with E-state index in [2.05, 4.69) is 15.3 Å². The van der Waals surface area contributed by atoms with E-state index in [1.165, 1.54) is 6.20 Å². The molecule has 1 heterocycles. The molecule has 1 aromatic heterocycles. The monoisotopic (exact) mass is 265 g/mol. The molecule has 20 heavy (non-hydrogen) atoms. The first-order valence-electron chi connectivity index (χ1n) is 6.08. The van der Waals surface area contributed by atoms with Crippen LogP contribution in [0, 0.1) is 0 Å². The van der Waals surface area contributed by atoms with E-state index in [9.17, 15) is 9.59 Å². The molecule has 0 aliphatic heterocycles. The summed E-state index contributed by atoms with van der Waals surface area (Å²) in [5, 5.41) is 4.79. The average Bonchev–Trinajstić information content (AvgIpc) is 2.48. The van der Waals surface area contributed by atoms with E-state index in [0.29, 0.717) is 5.69 Å². The van der Waals surface area contributed by atoms with Gasteiger partial charge in [0.25, 0.3) is 11.5 Å². The number of nitrogens with one attached hydrogen (secondary N) is 2. The highest BCUT2D eigenvalue weighted by Gasteiger charge is 2.09. The topological polar surface area (TPSA) is 74.8 Å². The molecule has 2 N–H and O–H groups in total. The Balaban J connectivity index is 1.95. The van der Waals surface area contributed by atoms with Crippen molar-refractivity contribution in [2.75, 3.05) is 5.32 Å². The van der Waals surface area contributed by atoms with Crippen molar-refractivity contribution in [2.24, 2.45) is 0 Å². The molecule has 0 bridgehead atoms. The minimum atomic E-state index is -0.363. The van der Waals surface area contributed by atoms with Crippen molar-refractivity contribution >= 4 is 22.4 Å². The van der Waals surface area contributed by atoms with Gasteiger partial charge in [0.1, 0.15) is 5.69 Å². The van der Waals surface area contributed by atoms with Crippen LogP contribution in [-0.2, 0) is 0 Å². The number of hydrogen-bond acceptors (Lipinski definition) is 3. The van der Waals surface area contributed by atoms with E-state index < -0.39 is 0 Å². The van der Waals surface area contributed by atoms with Crippen LogP contribution in [0.4, 0.5) is 5.69 Å². The summed E-state index contributed by atoms with van der Waals surface area (Å²) < 4.78 is 0. The minimum Gasteiger partial charge on any atom is -0.325 e. The van der Waals surface area contributed by atoms with Crippen molar-refractivity contribution in [3.63, 3.8) is 0 Å². The van der Waals surface area contributed by atoms with Gasteiger partial charge in [0.05, 0.1) is 6.20 Å². The van der Waals surface area contributed by atoms with Gasteiger partial charge in [-0.2, -0.15) is 0 Å². The summed E-state index contributed by atoms with van der Waals surface area (Å²) in [6, 6.07) is 13.4. The fraction of sp³-hybridized carbons (Fsp3) is 0. The van der Waals surface area contributed by atoms with Gasteiger partial charge < -0.3 is 10.3 Å². The Morgan fingerprint density at radius 1 is 1.10 bits per heavy atom. The van der Waals surface area contributed by atoms with Crippen molar-refractivity contribution < 1.29 is 4.79 Å². The van der Waals surface area contributed by atoms with E-state index in [4.69, 9.17) is 0 Å². The van der Waals surface area contributed by atoms with Gasteiger partial charge in [-0.25, -0.2) is 4.98 Å². The van der Waals surface area contributed by atoms with Crippen molar-refractivity contribution in [2.45, 2.75) is 0 Å². The Kier molecular flexibility index (Phi) is 3.01.